The third-order valence-corrected chi connectivity index (χ3v) is 3.60. The number of rotatable bonds is 6. The average molecular weight is 358 g/mol. The highest BCUT2D eigenvalue weighted by Gasteiger charge is 2.09. The molecule has 0 aliphatic heterocycles. The van der Waals surface area contributed by atoms with Crippen molar-refractivity contribution in [1.82, 2.24) is 0 Å². The maximum Gasteiger partial charge on any atom is 0.387 e. The summed E-state index contributed by atoms with van der Waals surface area (Å²) in [6.45, 7) is -2.40. The van der Waals surface area contributed by atoms with Crippen LogP contribution >= 0.6 is 15.9 Å². The monoisotopic (exact) mass is 357 g/mol. The van der Waals surface area contributed by atoms with E-state index >= 15 is 0 Å². The zero-order chi connectivity index (χ0) is 15.2. The molecule has 3 nitrogen and oxygen atoms in total. The maximum atomic E-state index is 12.4. The standard InChI is InChI=1S/C15H14BrF2NO2/c1-20-11-6-7-12(16)10(8-11)9-19-13-4-2-3-5-14(13)21-15(17)18/h2-8,15,19H,9H2,1H3. The summed E-state index contributed by atoms with van der Waals surface area (Å²) >= 11 is 3.45. The molecule has 0 aliphatic carbocycles. The highest BCUT2D eigenvalue weighted by Crippen LogP contribution is 2.28. The summed E-state index contributed by atoms with van der Waals surface area (Å²) in [6.07, 6.45) is 0. The molecule has 0 radical (unpaired) electrons. The number of hydrogen-bond acceptors (Lipinski definition) is 3. The predicted octanol–water partition coefficient (Wildman–Crippen LogP) is 4.67. The molecule has 0 aliphatic rings. The topological polar surface area (TPSA) is 30.5 Å². The summed E-state index contributed by atoms with van der Waals surface area (Å²) in [7, 11) is 1.59. The number of ether oxygens (including phenoxy) is 2. The molecule has 0 amide bonds. The van der Waals surface area contributed by atoms with Crippen molar-refractivity contribution in [3.05, 3.63) is 52.5 Å². The van der Waals surface area contributed by atoms with Gasteiger partial charge in [-0.15, -0.1) is 0 Å². The van der Waals surface area contributed by atoms with Crippen molar-refractivity contribution < 1.29 is 18.3 Å². The molecule has 0 saturated carbocycles. The van der Waals surface area contributed by atoms with Gasteiger partial charge in [0.1, 0.15) is 11.5 Å². The number of halogens is 3. The van der Waals surface area contributed by atoms with E-state index in [-0.39, 0.29) is 5.75 Å². The smallest absolute Gasteiger partial charge is 0.387 e. The summed E-state index contributed by atoms with van der Waals surface area (Å²) in [4.78, 5) is 0. The molecular weight excluding hydrogens is 344 g/mol. The third-order valence-electron chi connectivity index (χ3n) is 2.83. The first-order chi connectivity index (χ1) is 10.1. The Morgan fingerprint density at radius 2 is 1.95 bits per heavy atom. The molecule has 0 unspecified atom stereocenters. The Labute approximate surface area is 130 Å². The Morgan fingerprint density at radius 1 is 1.19 bits per heavy atom. The number of anilines is 1. The Hall–Kier alpha value is -1.82. The molecule has 112 valence electrons. The van der Waals surface area contributed by atoms with Gasteiger partial charge in [0.25, 0.3) is 0 Å². The van der Waals surface area contributed by atoms with Gasteiger partial charge in [-0.1, -0.05) is 28.1 Å². The minimum Gasteiger partial charge on any atom is -0.497 e. The molecule has 0 heterocycles. The van der Waals surface area contributed by atoms with Crippen molar-refractivity contribution in [2.75, 3.05) is 12.4 Å². The first-order valence-electron chi connectivity index (χ1n) is 6.20. The van der Waals surface area contributed by atoms with E-state index in [1.54, 1.807) is 25.3 Å². The van der Waals surface area contributed by atoms with Crippen LogP contribution in [0.15, 0.2) is 46.9 Å². The minimum atomic E-state index is -2.85. The first kappa shape index (κ1) is 15.6. The molecule has 0 spiro atoms. The van der Waals surface area contributed by atoms with Crippen LogP contribution in [-0.2, 0) is 6.54 Å². The zero-order valence-corrected chi connectivity index (χ0v) is 12.9. The lowest BCUT2D eigenvalue weighted by Crippen LogP contribution is -2.06. The highest BCUT2D eigenvalue weighted by atomic mass is 79.9. The summed E-state index contributed by atoms with van der Waals surface area (Å²) in [5.41, 5.74) is 1.45. The van der Waals surface area contributed by atoms with E-state index in [9.17, 15) is 8.78 Å². The molecule has 2 rings (SSSR count). The molecule has 6 heteroatoms. The quantitative estimate of drug-likeness (QED) is 0.814. The Balaban J connectivity index is 2.13. The second-order valence-electron chi connectivity index (χ2n) is 4.19. The van der Waals surface area contributed by atoms with Crippen molar-refractivity contribution in [2.24, 2.45) is 0 Å². The van der Waals surface area contributed by atoms with Gasteiger partial charge in [0.15, 0.2) is 0 Å². The van der Waals surface area contributed by atoms with E-state index in [2.05, 4.69) is 26.0 Å². The highest BCUT2D eigenvalue weighted by molar-refractivity contribution is 9.10. The molecule has 0 atom stereocenters. The summed E-state index contributed by atoms with van der Waals surface area (Å²) in [5, 5.41) is 3.08. The predicted molar refractivity (Wildman–Crippen MR) is 81.1 cm³/mol. The molecule has 2 aromatic carbocycles. The van der Waals surface area contributed by atoms with Crippen molar-refractivity contribution in [1.29, 1.82) is 0 Å². The fourth-order valence-corrected chi connectivity index (χ4v) is 2.20. The number of hydrogen-bond donors (Lipinski definition) is 1. The number of nitrogens with one attached hydrogen (secondary N) is 1. The fourth-order valence-electron chi connectivity index (χ4n) is 1.82. The van der Waals surface area contributed by atoms with Crippen molar-refractivity contribution in [3.8, 4) is 11.5 Å². The molecule has 0 aromatic heterocycles. The van der Waals surface area contributed by atoms with E-state index in [4.69, 9.17) is 4.74 Å². The lowest BCUT2D eigenvalue weighted by Gasteiger charge is -2.13. The minimum absolute atomic E-state index is 0.117. The van der Waals surface area contributed by atoms with E-state index in [1.165, 1.54) is 6.07 Å². The van der Waals surface area contributed by atoms with E-state index in [0.29, 0.717) is 12.2 Å². The SMILES string of the molecule is COc1ccc(Br)c(CNc2ccccc2OC(F)F)c1. The van der Waals surface area contributed by atoms with Gasteiger partial charge in [-0.25, -0.2) is 0 Å². The Bertz CT molecular complexity index is 608. The van der Waals surface area contributed by atoms with E-state index < -0.39 is 6.61 Å². The van der Waals surface area contributed by atoms with Crippen LogP contribution in [0.1, 0.15) is 5.56 Å². The van der Waals surface area contributed by atoms with E-state index in [0.717, 1.165) is 15.8 Å². The fraction of sp³-hybridized carbons (Fsp3) is 0.200. The first-order valence-corrected chi connectivity index (χ1v) is 6.99. The summed E-state index contributed by atoms with van der Waals surface area (Å²) in [5.74, 6) is 0.846. The zero-order valence-electron chi connectivity index (χ0n) is 11.3. The van der Waals surface area contributed by atoms with Gasteiger partial charge in [0, 0.05) is 11.0 Å². The van der Waals surface area contributed by atoms with Gasteiger partial charge in [0.2, 0.25) is 0 Å². The molecular formula is C15H14BrF2NO2. The number of para-hydroxylation sites is 2. The van der Waals surface area contributed by atoms with Crippen LogP contribution in [0.2, 0.25) is 0 Å². The second kappa shape index (κ2) is 7.26. The Morgan fingerprint density at radius 3 is 2.67 bits per heavy atom. The van der Waals surface area contributed by atoms with Crippen LogP contribution in [-0.4, -0.2) is 13.7 Å². The van der Waals surface area contributed by atoms with Crippen LogP contribution in [0.4, 0.5) is 14.5 Å². The van der Waals surface area contributed by atoms with Gasteiger partial charge in [-0.05, 0) is 35.9 Å². The molecule has 21 heavy (non-hydrogen) atoms. The average Bonchev–Trinajstić information content (AvgIpc) is 2.47. The second-order valence-corrected chi connectivity index (χ2v) is 5.04. The van der Waals surface area contributed by atoms with Gasteiger partial charge >= 0.3 is 6.61 Å². The normalized spacial score (nSPS) is 10.5. The van der Waals surface area contributed by atoms with Gasteiger partial charge in [-0.2, -0.15) is 8.78 Å². The largest absolute Gasteiger partial charge is 0.497 e. The number of benzene rings is 2. The van der Waals surface area contributed by atoms with Crippen LogP contribution in [0, 0.1) is 0 Å². The van der Waals surface area contributed by atoms with Gasteiger partial charge in [-0.3, -0.25) is 0 Å². The van der Waals surface area contributed by atoms with Crippen LogP contribution < -0.4 is 14.8 Å². The lowest BCUT2D eigenvalue weighted by molar-refractivity contribution is -0.0493. The van der Waals surface area contributed by atoms with Gasteiger partial charge in [0.05, 0.1) is 12.8 Å². The van der Waals surface area contributed by atoms with Crippen LogP contribution in [0.25, 0.3) is 0 Å². The van der Waals surface area contributed by atoms with Gasteiger partial charge < -0.3 is 14.8 Å². The Kier molecular flexibility index (Phi) is 5.38. The molecule has 0 bridgehead atoms. The number of alkyl halides is 2. The third kappa shape index (κ3) is 4.32. The van der Waals surface area contributed by atoms with E-state index in [1.807, 2.05) is 18.2 Å². The maximum absolute atomic E-state index is 12.4. The van der Waals surface area contributed by atoms with Crippen LogP contribution in [0.5, 0.6) is 11.5 Å². The molecule has 1 N–H and O–H groups in total. The van der Waals surface area contributed by atoms with Crippen molar-refractivity contribution in [2.45, 2.75) is 13.2 Å². The summed E-state index contributed by atoms with van der Waals surface area (Å²) < 4.78 is 35.3. The lowest BCUT2D eigenvalue weighted by atomic mass is 10.2. The number of methoxy groups -OCH3 is 1. The van der Waals surface area contributed by atoms with Crippen molar-refractivity contribution >= 4 is 21.6 Å². The summed E-state index contributed by atoms with van der Waals surface area (Å²) in [6, 6.07) is 12.2. The van der Waals surface area contributed by atoms with Crippen molar-refractivity contribution in [3.63, 3.8) is 0 Å². The molecule has 0 saturated heterocycles. The molecule has 0 fully saturated rings. The van der Waals surface area contributed by atoms with Crippen LogP contribution in [0.3, 0.4) is 0 Å². The molecule has 2 aromatic rings.